The molecule has 1 aliphatic heterocycles. The van der Waals surface area contributed by atoms with E-state index in [4.69, 9.17) is 29.4 Å². The van der Waals surface area contributed by atoms with E-state index in [0.29, 0.717) is 48.0 Å². The third-order valence-corrected chi connectivity index (χ3v) is 8.64. The molecule has 2 aliphatic rings. The summed E-state index contributed by atoms with van der Waals surface area (Å²) in [5.41, 5.74) is 3.90. The van der Waals surface area contributed by atoms with Crippen LogP contribution >= 0.6 is 0 Å². The standard InChI is InChI=1S/C33H34FN5O4/c1-20(41-2)17-39-30-14-22(33(40)42-3)9-10-28(30)36-31(39)18-38-12-11-24(25-15-29(25)38)27-5-4-6-32(37-27)43-19-23-8-7-21(16-35)13-26(23)34/h4-10,13-14,20,24-25,29H,11-12,15,17-19H2,1-3H3/t20-,24?,25?,29?/m1/s1. The summed E-state index contributed by atoms with van der Waals surface area (Å²) < 4.78 is 32.8. The minimum absolute atomic E-state index is 0.0219. The average Bonchev–Trinajstić information content (AvgIpc) is 3.77. The molecule has 0 bridgehead atoms. The van der Waals surface area contributed by atoms with E-state index in [1.54, 1.807) is 31.4 Å². The summed E-state index contributed by atoms with van der Waals surface area (Å²) in [6.45, 7) is 4.31. The van der Waals surface area contributed by atoms with E-state index in [2.05, 4.69) is 15.5 Å². The minimum atomic E-state index is -0.461. The van der Waals surface area contributed by atoms with E-state index in [1.807, 2.05) is 31.2 Å². The lowest BCUT2D eigenvalue weighted by Gasteiger charge is -2.31. The number of nitrogens with zero attached hydrogens (tertiary/aromatic N) is 5. The summed E-state index contributed by atoms with van der Waals surface area (Å²) in [6, 6.07) is 18.0. The second-order valence-corrected chi connectivity index (χ2v) is 11.3. The normalized spacial score (nSPS) is 20.3. The van der Waals surface area contributed by atoms with E-state index in [9.17, 15) is 9.18 Å². The first kappa shape index (κ1) is 28.8. The lowest BCUT2D eigenvalue weighted by molar-refractivity contribution is 0.0601. The molecule has 1 saturated carbocycles. The van der Waals surface area contributed by atoms with Gasteiger partial charge in [0.15, 0.2) is 0 Å². The molecular formula is C33H34FN5O4. The predicted molar refractivity (Wildman–Crippen MR) is 157 cm³/mol. The number of nitriles is 1. The molecular weight excluding hydrogens is 549 g/mol. The van der Waals surface area contributed by atoms with Crippen molar-refractivity contribution in [2.45, 2.75) is 57.5 Å². The zero-order valence-corrected chi connectivity index (χ0v) is 24.5. The number of rotatable bonds is 10. The molecule has 43 heavy (non-hydrogen) atoms. The highest BCUT2D eigenvalue weighted by molar-refractivity contribution is 5.93. The lowest BCUT2D eigenvalue weighted by Crippen LogP contribution is -2.35. The van der Waals surface area contributed by atoms with Crippen molar-refractivity contribution in [3.63, 3.8) is 0 Å². The second-order valence-electron chi connectivity index (χ2n) is 11.3. The second kappa shape index (κ2) is 12.1. The van der Waals surface area contributed by atoms with Crippen LogP contribution in [0.2, 0.25) is 0 Å². The van der Waals surface area contributed by atoms with Gasteiger partial charge in [0.2, 0.25) is 5.88 Å². The van der Waals surface area contributed by atoms with Crippen molar-refractivity contribution in [3.05, 3.63) is 88.6 Å². The van der Waals surface area contributed by atoms with Crippen LogP contribution in [0.25, 0.3) is 11.0 Å². The van der Waals surface area contributed by atoms with Crippen molar-refractivity contribution in [1.29, 1.82) is 5.26 Å². The van der Waals surface area contributed by atoms with Gasteiger partial charge in [0.05, 0.1) is 54.5 Å². The molecule has 1 aliphatic carbocycles. The Balaban J connectivity index is 1.15. The van der Waals surface area contributed by atoms with E-state index in [0.717, 1.165) is 41.9 Å². The van der Waals surface area contributed by atoms with Crippen LogP contribution in [0.3, 0.4) is 0 Å². The Labute approximate surface area is 249 Å². The Morgan fingerprint density at radius 3 is 2.79 bits per heavy atom. The van der Waals surface area contributed by atoms with Crippen LogP contribution in [-0.2, 0) is 29.2 Å². The Morgan fingerprint density at radius 2 is 2.02 bits per heavy atom. The van der Waals surface area contributed by atoms with Crippen LogP contribution in [0.15, 0.2) is 54.6 Å². The highest BCUT2D eigenvalue weighted by Gasteiger charge is 2.50. The highest BCUT2D eigenvalue weighted by Crippen LogP contribution is 2.51. The van der Waals surface area contributed by atoms with Gasteiger partial charge in [0, 0.05) is 36.4 Å². The maximum Gasteiger partial charge on any atom is 0.337 e. The largest absolute Gasteiger partial charge is 0.473 e. The van der Waals surface area contributed by atoms with Gasteiger partial charge in [-0.1, -0.05) is 12.1 Å². The van der Waals surface area contributed by atoms with Gasteiger partial charge in [0.25, 0.3) is 0 Å². The predicted octanol–water partition coefficient (Wildman–Crippen LogP) is 5.22. The molecule has 3 heterocycles. The van der Waals surface area contributed by atoms with Crippen LogP contribution in [0, 0.1) is 23.1 Å². The SMILES string of the molecule is COC(=O)c1ccc2nc(CN3CCC(c4cccc(OCc5ccc(C#N)cc5F)n4)C4CC43)n(C[C@@H](C)OC)c2c1. The number of esters is 1. The van der Waals surface area contributed by atoms with Crippen molar-refractivity contribution in [2.24, 2.45) is 5.92 Å². The van der Waals surface area contributed by atoms with Crippen molar-refractivity contribution in [1.82, 2.24) is 19.4 Å². The first-order chi connectivity index (χ1) is 20.9. The number of fused-ring (bicyclic) bond motifs is 2. The zero-order chi connectivity index (χ0) is 30.1. The Bertz CT molecular complexity index is 1700. The third-order valence-electron chi connectivity index (χ3n) is 8.64. The molecule has 9 nitrogen and oxygen atoms in total. The summed E-state index contributed by atoms with van der Waals surface area (Å²) in [5.74, 6) is 1.41. The molecule has 0 radical (unpaired) electrons. The molecule has 10 heteroatoms. The van der Waals surface area contributed by atoms with E-state index >= 15 is 0 Å². The van der Waals surface area contributed by atoms with Gasteiger partial charge in [-0.2, -0.15) is 5.26 Å². The summed E-state index contributed by atoms with van der Waals surface area (Å²) in [5, 5.41) is 8.96. The van der Waals surface area contributed by atoms with Crippen LogP contribution in [0.4, 0.5) is 4.39 Å². The maximum absolute atomic E-state index is 14.3. The van der Waals surface area contributed by atoms with Crippen molar-refractivity contribution < 1.29 is 23.4 Å². The summed E-state index contributed by atoms with van der Waals surface area (Å²) >= 11 is 0. The van der Waals surface area contributed by atoms with Gasteiger partial charge in [-0.15, -0.1) is 0 Å². The lowest BCUT2D eigenvalue weighted by atomic mass is 9.92. The first-order valence-corrected chi connectivity index (χ1v) is 14.5. The number of benzene rings is 2. The summed E-state index contributed by atoms with van der Waals surface area (Å²) in [7, 11) is 3.08. The van der Waals surface area contributed by atoms with Crippen LogP contribution in [0.5, 0.6) is 5.88 Å². The number of halogens is 1. The number of ether oxygens (including phenoxy) is 3. The highest BCUT2D eigenvalue weighted by atomic mass is 19.1. The molecule has 4 atom stereocenters. The van der Waals surface area contributed by atoms with E-state index in [1.165, 1.54) is 13.2 Å². The maximum atomic E-state index is 14.3. The van der Waals surface area contributed by atoms with Gasteiger partial charge in [-0.3, -0.25) is 4.90 Å². The molecule has 222 valence electrons. The number of carbonyl (C=O) groups excluding carboxylic acids is 1. The number of hydrogen-bond acceptors (Lipinski definition) is 8. The summed E-state index contributed by atoms with van der Waals surface area (Å²) in [6.07, 6.45) is 2.03. The number of imidazole rings is 1. The van der Waals surface area contributed by atoms with Gasteiger partial charge >= 0.3 is 5.97 Å². The Morgan fingerprint density at radius 1 is 1.16 bits per heavy atom. The number of methoxy groups -OCH3 is 2. The van der Waals surface area contributed by atoms with Gasteiger partial charge in [-0.25, -0.2) is 19.2 Å². The third kappa shape index (κ3) is 5.96. The van der Waals surface area contributed by atoms with Crippen LogP contribution < -0.4 is 4.74 Å². The number of likely N-dealkylation sites (tertiary alicyclic amines) is 1. The molecule has 2 fully saturated rings. The van der Waals surface area contributed by atoms with Crippen molar-refractivity contribution in [3.8, 4) is 11.9 Å². The smallest absolute Gasteiger partial charge is 0.337 e. The fourth-order valence-electron chi connectivity index (χ4n) is 6.16. The zero-order valence-electron chi connectivity index (χ0n) is 24.5. The molecule has 0 amide bonds. The monoisotopic (exact) mass is 583 g/mol. The van der Waals surface area contributed by atoms with Gasteiger partial charge < -0.3 is 18.8 Å². The molecule has 0 spiro atoms. The number of hydrogen-bond donors (Lipinski definition) is 0. The molecule has 2 aromatic heterocycles. The summed E-state index contributed by atoms with van der Waals surface area (Å²) in [4.78, 5) is 24.5. The molecule has 6 rings (SSSR count). The van der Waals surface area contributed by atoms with Gasteiger partial charge in [0.1, 0.15) is 18.2 Å². The van der Waals surface area contributed by atoms with E-state index in [-0.39, 0.29) is 24.2 Å². The van der Waals surface area contributed by atoms with Gasteiger partial charge in [-0.05, 0) is 68.6 Å². The molecule has 1 saturated heterocycles. The van der Waals surface area contributed by atoms with Crippen molar-refractivity contribution >= 4 is 17.0 Å². The number of aromatic nitrogens is 3. The fourth-order valence-corrected chi connectivity index (χ4v) is 6.16. The van der Waals surface area contributed by atoms with Crippen LogP contribution in [0.1, 0.15) is 58.7 Å². The number of carbonyl (C=O) groups is 1. The molecule has 3 unspecified atom stereocenters. The van der Waals surface area contributed by atoms with Crippen LogP contribution in [-0.4, -0.2) is 58.3 Å². The molecule has 0 N–H and O–H groups in total. The first-order valence-electron chi connectivity index (χ1n) is 14.5. The fraction of sp³-hybridized carbons (Fsp3) is 0.394. The minimum Gasteiger partial charge on any atom is -0.473 e. The quantitative estimate of drug-likeness (QED) is 0.234. The average molecular weight is 584 g/mol. The topological polar surface area (TPSA) is 102 Å². The Kier molecular flexibility index (Phi) is 8.10. The molecule has 2 aromatic carbocycles. The Hall–Kier alpha value is -4.33. The van der Waals surface area contributed by atoms with Crippen molar-refractivity contribution in [2.75, 3.05) is 20.8 Å². The number of pyridine rings is 1. The number of piperidine rings is 1. The molecule has 4 aromatic rings. The van der Waals surface area contributed by atoms with E-state index < -0.39 is 5.82 Å².